The molecule has 2 aromatic rings. The van der Waals surface area contributed by atoms with E-state index in [9.17, 15) is 13.2 Å². The third kappa shape index (κ3) is 5.89. The smallest absolute Gasteiger partial charge is 0.241 e. The second-order valence-electron chi connectivity index (χ2n) is 5.14. The van der Waals surface area contributed by atoms with Crippen LogP contribution in [-0.2, 0) is 21.4 Å². The number of nitrogen functional groups attached to an aromatic ring is 1. The first-order chi connectivity index (χ1) is 11.3. The van der Waals surface area contributed by atoms with E-state index in [0.29, 0.717) is 30.3 Å². The van der Waals surface area contributed by atoms with Crippen LogP contribution in [0.5, 0.6) is 0 Å². The van der Waals surface area contributed by atoms with Crippen molar-refractivity contribution in [2.24, 2.45) is 5.14 Å². The van der Waals surface area contributed by atoms with Crippen molar-refractivity contribution in [2.45, 2.75) is 24.8 Å². The van der Waals surface area contributed by atoms with Crippen LogP contribution in [0.4, 0.5) is 17.3 Å². The molecule has 25 heavy (non-hydrogen) atoms. The van der Waals surface area contributed by atoms with Crippen LogP contribution in [0.25, 0.3) is 0 Å². The molecule has 1 aromatic heterocycles. The third-order valence-electron chi connectivity index (χ3n) is 3.31. The number of H-pyrrole nitrogens is 1. The van der Waals surface area contributed by atoms with Crippen LogP contribution in [0.2, 0.25) is 0 Å². The summed E-state index contributed by atoms with van der Waals surface area (Å²) in [5.41, 5.74) is 7.26. The summed E-state index contributed by atoms with van der Waals surface area (Å²) in [4.78, 5) is 14.4. The van der Waals surface area contributed by atoms with Gasteiger partial charge in [-0.15, -0.1) is 0 Å². The predicted molar refractivity (Wildman–Crippen MR) is 91.5 cm³/mol. The molecular formula is C15H20ClN5O3S. The molecule has 0 saturated carbocycles. The zero-order chi connectivity index (χ0) is 17.7. The first-order valence-electron chi connectivity index (χ1n) is 7.27. The number of anilines is 3. The number of sulfonamides is 1. The Labute approximate surface area is 152 Å². The van der Waals surface area contributed by atoms with Crippen molar-refractivity contribution < 1.29 is 30.6 Å². The Hall–Kier alpha value is -2.36. The standard InChI is InChI=1S/C15H19N5O3S.ClH/c1-2-14(21)19-12-7-8-13(20-15(12)16)18-9-10-3-5-11(6-4-10)24(17,22)23;/h3-8H,2,9H2,1H3,(H,19,21)(H3,16,18,20)(H2,17,22,23);1H. The van der Waals surface area contributed by atoms with E-state index >= 15 is 0 Å². The van der Waals surface area contributed by atoms with Crippen molar-refractivity contribution in [3.63, 3.8) is 0 Å². The highest BCUT2D eigenvalue weighted by Crippen LogP contribution is 2.16. The SMILES string of the molecule is CCC(=O)Nc1ccc(NCc2ccc(S(N)(=O)=O)cc2)[nH+]c1N.[Cl-]. The average Bonchev–Trinajstić information content (AvgIpc) is 2.54. The molecule has 2 rings (SSSR count). The van der Waals surface area contributed by atoms with E-state index in [1.165, 1.54) is 12.1 Å². The first kappa shape index (κ1) is 20.7. The van der Waals surface area contributed by atoms with Crippen LogP contribution in [-0.4, -0.2) is 14.3 Å². The molecule has 0 spiro atoms. The van der Waals surface area contributed by atoms with Gasteiger partial charge in [-0.05, 0) is 23.8 Å². The Kier molecular flexibility index (Phi) is 7.16. The van der Waals surface area contributed by atoms with Crippen LogP contribution in [0.3, 0.4) is 0 Å². The molecular weight excluding hydrogens is 366 g/mol. The highest BCUT2D eigenvalue weighted by atomic mass is 35.5. The van der Waals surface area contributed by atoms with Crippen molar-refractivity contribution in [1.82, 2.24) is 0 Å². The quantitative estimate of drug-likeness (QED) is 0.442. The number of carbonyl (C=O) groups excluding carboxylic acids is 1. The normalized spacial score (nSPS) is 10.6. The maximum Gasteiger partial charge on any atom is 0.241 e. The number of hydrogen-bond donors (Lipinski definition) is 4. The lowest BCUT2D eigenvalue weighted by Crippen LogP contribution is -3.00. The molecule has 1 aromatic carbocycles. The van der Waals surface area contributed by atoms with E-state index < -0.39 is 10.0 Å². The largest absolute Gasteiger partial charge is 1.00 e. The number of pyridine rings is 1. The number of nitrogens with one attached hydrogen (secondary N) is 3. The van der Waals surface area contributed by atoms with Gasteiger partial charge in [0.05, 0.1) is 11.4 Å². The second-order valence-corrected chi connectivity index (χ2v) is 6.71. The predicted octanol–water partition coefficient (Wildman–Crippen LogP) is -2.31. The molecule has 0 saturated heterocycles. The first-order valence-corrected chi connectivity index (χ1v) is 8.81. The van der Waals surface area contributed by atoms with E-state index in [0.717, 1.165) is 5.56 Å². The minimum Gasteiger partial charge on any atom is -1.00 e. The fraction of sp³-hybridized carbons (Fsp3) is 0.200. The van der Waals surface area contributed by atoms with Gasteiger partial charge < -0.3 is 28.8 Å². The van der Waals surface area contributed by atoms with Gasteiger partial charge in [-0.25, -0.2) is 18.5 Å². The van der Waals surface area contributed by atoms with Crippen molar-refractivity contribution in [3.05, 3.63) is 42.0 Å². The molecule has 1 heterocycles. The number of rotatable bonds is 6. The highest BCUT2D eigenvalue weighted by Gasteiger charge is 2.10. The van der Waals surface area contributed by atoms with Gasteiger partial charge in [0.15, 0.2) is 0 Å². The Morgan fingerprint density at radius 1 is 1.16 bits per heavy atom. The van der Waals surface area contributed by atoms with Gasteiger partial charge in [-0.3, -0.25) is 4.79 Å². The maximum atomic E-state index is 11.4. The third-order valence-corrected chi connectivity index (χ3v) is 4.24. The summed E-state index contributed by atoms with van der Waals surface area (Å²) >= 11 is 0. The summed E-state index contributed by atoms with van der Waals surface area (Å²) < 4.78 is 22.4. The lowest BCUT2D eigenvalue weighted by molar-refractivity contribution is -0.342. The molecule has 1 amide bonds. The number of carbonyl (C=O) groups is 1. The zero-order valence-electron chi connectivity index (χ0n) is 13.5. The molecule has 136 valence electrons. The lowest BCUT2D eigenvalue weighted by atomic mass is 10.2. The molecule has 0 aliphatic heterocycles. The van der Waals surface area contributed by atoms with E-state index in [2.05, 4.69) is 15.6 Å². The van der Waals surface area contributed by atoms with Crippen molar-refractivity contribution in [2.75, 3.05) is 16.4 Å². The lowest BCUT2D eigenvalue weighted by Gasteiger charge is -2.07. The fourth-order valence-corrected chi connectivity index (χ4v) is 2.47. The van der Waals surface area contributed by atoms with Crippen LogP contribution in [0.1, 0.15) is 18.9 Å². The van der Waals surface area contributed by atoms with Crippen molar-refractivity contribution >= 4 is 33.3 Å². The molecule has 0 bridgehead atoms. The van der Waals surface area contributed by atoms with Crippen molar-refractivity contribution in [1.29, 1.82) is 0 Å². The Balaban J connectivity index is 0.00000312. The number of nitrogens with two attached hydrogens (primary N) is 2. The monoisotopic (exact) mass is 385 g/mol. The van der Waals surface area contributed by atoms with E-state index in [1.54, 1.807) is 31.2 Å². The number of aromatic amines is 1. The maximum absolute atomic E-state index is 11.4. The number of halogens is 1. The van der Waals surface area contributed by atoms with E-state index in [-0.39, 0.29) is 23.2 Å². The fourth-order valence-electron chi connectivity index (χ4n) is 1.96. The van der Waals surface area contributed by atoms with E-state index in [1.807, 2.05) is 0 Å². The Morgan fingerprint density at radius 3 is 2.32 bits per heavy atom. The molecule has 0 aliphatic carbocycles. The van der Waals surface area contributed by atoms with Crippen LogP contribution >= 0.6 is 0 Å². The van der Waals surface area contributed by atoms with Gasteiger partial charge in [0.2, 0.25) is 27.6 Å². The summed E-state index contributed by atoms with van der Waals surface area (Å²) in [6, 6.07) is 9.70. The van der Waals surface area contributed by atoms with Crippen LogP contribution < -0.4 is 38.9 Å². The molecule has 7 N–H and O–H groups in total. The summed E-state index contributed by atoms with van der Waals surface area (Å²) in [6.45, 7) is 2.22. The molecule has 10 heteroatoms. The number of amides is 1. The zero-order valence-corrected chi connectivity index (χ0v) is 15.1. The molecule has 0 radical (unpaired) electrons. The van der Waals surface area contributed by atoms with Gasteiger partial charge in [0.25, 0.3) is 0 Å². The van der Waals surface area contributed by atoms with Crippen molar-refractivity contribution in [3.8, 4) is 0 Å². The Bertz CT molecular complexity index is 841. The van der Waals surface area contributed by atoms with Gasteiger partial charge in [0.1, 0.15) is 5.69 Å². The number of hydrogen-bond acceptors (Lipinski definition) is 5. The number of benzene rings is 1. The van der Waals surface area contributed by atoms with Gasteiger partial charge in [-0.2, -0.15) is 0 Å². The van der Waals surface area contributed by atoms with Gasteiger partial charge in [-0.1, -0.05) is 19.1 Å². The minimum absolute atomic E-state index is 0. The number of aromatic nitrogens is 1. The molecule has 8 nitrogen and oxygen atoms in total. The van der Waals surface area contributed by atoms with Crippen LogP contribution in [0.15, 0.2) is 41.3 Å². The highest BCUT2D eigenvalue weighted by molar-refractivity contribution is 7.89. The van der Waals surface area contributed by atoms with Gasteiger partial charge >= 0.3 is 0 Å². The minimum atomic E-state index is -3.69. The van der Waals surface area contributed by atoms with Gasteiger partial charge in [0, 0.05) is 12.5 Å². The Morgan fingerprint density at radius 2 is 1.80 bits per heavy atom. The molecule has 0 fully saturated rings. The summed E-state index contributed by atoms with van der Waals surface area (Å²) in [6.07, 6.45) is 0.369. The molecule has 0 aliphatic rings. The second kappa shape index (κ2) is 8.65. The summed E-state index contributed by atoms with van der Waals surface area (Å²) in [7, 11) is -3.69. The molecule has 0 atom stereocenters. The summed E-state index contributed by atoms with van der Waals surface area (Å²) in [5, 5.41) is 10.9. The summed E-state index contributed by atoms with van der Waals surface area (Å²) in [5.74, 6) is 0.884. The number of primary sulfonamides is 1. The molecule has 0 unspecified atom stereocenters. The average molecular weight is 386 g/mol. The topological polar surface area (TPSA) is 141 Å². The van der Waals surface area contributed by atoms with E-state index in [4.69, 9.17) is 10.9 Å². The van der Waals surface area contributed by atoms with Crippen LogP contribution in [0, 0.1) is 0 Å².